The summed E-state index contributed by atoms with van der Waals surface area (Å²) in [5.41, 5.74) is 9.43. The van der Waals surface area contributed by atoms with E-state index in [1.807, 2.05) is 47.4 Å². The van der Waals surface area contributed by atoms with Crippen LogP contribution in [0.4, 0.5) is 5.82 Å². The minimum atomic E-state index is -0.229. The van der Waals surface area contributed by atoms with Crippen molar-refractivity contribution in [3.8, 4) is 11.1 Å². The molecule has 4 rings (SSSR count). The van der Waals surface area contributed by atoms with Gasteiger partial charge in [-0.15, -0.1) is 0 Å². The highest BCUT2D eigenvalue weighted by atomic mass is 35.5. The molecule has 1 aliphatic rings. The van der Waals surface area contributed by atoms with E-state index >= 15 is 0 Å². The summed E-state index contributed by atoms with van der Waals surface area (Å²) < 4.78 is 5.88. The lowest BCUT2D eigenvalue weighted by atomic mass is 10.1. The maximum Gasteiger partial charge on any atom is 0.223 e. The molecule has 0 radical (unpaired) electrons. The molecule has 2 N–H and O–H groups in total. The summed E-state index contributed by atoms with van der Waals surface area (Å²) in [6.07, 6.45) is 4.41. The number of morpholine rings is 1. The van der Waals surface area contributed by atoms with E-state index in [-0.39, 0.29) is 12.0 Å². The predicted molar refractivity (Wildman–Crippen MR) is 117 cm³/mol. The van der Waals surface area contributed by atoms with Crippen molar-refractivity contribution in [3.63, 3.8) is 0 Å². The minimum absolute atomic E-state index is 0.118. The van der Waals surface area contributed by atoms with Gasteiger partial charge >= 0.3 is 0 Å². The first-order valence-corrected chi connectivity index (χ1v) is 10.3. The van der Waals surface area contributed by atoms with E-state index in [4.69, 9.17) is 22.1 Å². The van der Waals surface area contributed by atoms with Crippen LogP contribution in [-0.4, -0.2) is 40.5 Å². The quantitative estimate of drug-likeness (QED) is 0.674. The van der Waals surface area contributed by atoms with Crippen molar-refractivity contribution in [1.82, 2.24) is 14.9 Å². The smallest absolute Gasteiger partial charge is 0.223 e. The molecule has 1 atom stereocenters. The van der Waals surface area contributed by atoms with Crippen LogP contribution in [0.5, 0.6) is 0 Å². The van der Waals surface area contributed by atoms with Crippen molar-refractivity contribution in [1.29, 1.82) is 0 Å². The van der Waals surface area contributed by atoms with Gasteiger partial charge < -0.3 is 15.4 Å². The Kier molecular flexibility index (Phi) is 6.26. The number of nitrogens with two attached hydrogens (primary N) is 1. The van der Waals surface area contributed by atoms with Crippen LogP contribution in [-0.2, 0) is 16.0 Å². The van der Waals surface area contributed by atoms with Gasteiger partial charge in [-0.25, -0.2) is 4.98 Å². The summed E-state index contributed by atoms with van der Waals surface area (Å²) in [6, 6.07) is 15.2. The summed E-state index contributed by atoms with van der Waals surface area (Å²) in [5.74, 6) is 0.604. The molecule has 3 heterocycles. The summed E-state index contributed by atoms with van der Waals surface area (Å²) in [7, 11) is 0. The van der Waals surface area contributed by atoms with Crippen LogP contribution >= 0.6 is 11.6 Å². The average Bonchev–Trinajstić information content (AvgIpc) is 2.78. The maximum atomic E-state index is 12.7. The molecule has 1 aromatic carbocycles. The third-order valence-electron chi connectivity index (χ3n) is 5.17. The van der Waals surface area contributed by atoms with Crippen LogP contribution in [0.1, 0.15) is 23.8 Å². The number of anilines is 1. The number of pyridine rings is 2. The van der Waals surface area contributed by atoms with Gasteiger partial charge in [0.1, 0.15) is 11.9 Å². The second-order valence-corrected chi connectivity index (χ2v) is 7.71. The molecule has 2 aromatic heterocycles. The average molecular weight is 423 g/mol. The number of halogens is 1. The van der Waals surface area contributed by atoms with E-state index < -0.39 is 0 Å². The lowest BCUT2D eigenvalue weighted by Gasteiger charge is -2.32. The van der Waals surface area contributed by atoms with Crippen LogP contribution in [0, 0.1) is 0 Å². The van der Waals surface area contributed by atoms with Crippen LogP contribution < -0.4 is 5.73 Å². The first kappa shape index (κ1) is 20.3. The van der Waals surface area contributed by atoms with Gasteiger partial charge in [0, 0.05) is 41.5 Å². The van der Waals surface area contributed by atoms with Crippen LogP contribution in [0.3, 0.4) is 0 Å². The number of aryl methyl sites for hydroxylation is 1. The van der Waals surface area contributed by atoms with Gasteiger partial charge in [-0.05, 0) is 42.3 Å². The van der Waals surface area contributed by atoms with Gasteiger partial charge in [0.05, 0.1) is 18.8 Å². The summed E-state index contributed by atoms with van der Waals surface area (Å²) in [5, 5.41) is 0.690. The number of carbonyl (C=O) groups is 1. The third kappa shape index (κ3) is 4.96. The van der Waals surface area contributed by atoms with E-state index in [1.54, 1.807) is 18.5 Å². The van der Waals surface area contributed by atoms with Gasteiger partial charge in [0.25, 0.3) is 0 Å². The van der Waals surface area contributed by atoms with Crippen LogP contribution in [0.25, 0.3) is 11.1 Å². The van der Waals surface area contributed by atoms with Gasteiger partial charge in [0.15, 0.2) is 0 Å². The topological polar surface area (TPSA) is 81.3 Å². The van der Waals surface area contributed by atoms with Crippen molar-refractivity contribution >= 4 is 23.3 Å². The lowest BCUT2D eigenvalue weighted by Crippen LogP contribution is -2.42. The van der Waals surface area contributed by atoms with Crippen molar-refractivity contribution in [2.75, 3.05) is 25.4 Å². The largest absolute Gasteiger partial charge is 0.384 e. The highest BCUT2D eigenvalue weighted by Crippen LogP contribution is 2.24. The van der Waals surface area contributed by atoms with Crippen LogP contribution in [0.15, 0.2) is 60.9 Å². The Morgan fingerprint density at radius 2 is 1.93 bits per heavy atom. The van der Waals surface area contributed by atoms with E-state index in [0.29, 0.717) is 43.4 Å². The molecular formula is C23H23ClN4O2. The predicted octanol–water partition coefficient (Wildman–Crippen LogP) is 3.91. The molecule has 0 aliphatic carbocycles. The number of ether oxygens (including phenoxy) is 1. The lowest BCUT2D eigenvalue weighted by molar-refractivity contribution is -0.139. The molecule has 1 amide bonds. The molecule has 0 unspecified atom stereocenters. The number of aromatic nitrogens is 2. The zero-order valence-electron chi connectivity index (χ0n) is 16.5. The second kappa shape index (κ2) is 9.24. The second-order valence-electron chi connectivity index (χ2n) is 7.27. The molecule has 0 bridgehead atoms. The summed E-state index contributed by atoms with van der Waals surface area (Å²) >= 11 is 6.03. The fourth-order valence-corrected chi connectivity index (χ4v) is 3.71. The highest BCUT2D eigenvalue weighted by molar-refractivity contribution is 6.30. The molecule has 30 heavy (non-hydrogen) atoms. The third-order valence-corrected chi connectivity index (χ3v) is 5.41. The number of carbonyl (C=O) groups excluding carboxylic acids is 1. The summed E-state index contributed by atoms with van der Waals surface area (Å²) in [4.78, 5) is 23.2. The van der Waals surface area contributed by atoms with Gasteiger partial charge in [-0.2, -0.15) is 0 Å². The standard InChI is InChI=1S/C23H23ClN4O2/c24-19-3-1-2-16(12-19)4-9-23(29)28-10-11-30-21(15-28)20-7-5-17(13-26-20)18-6-8-22(25)27-14-18/h1-3,5-8,12-14,21H,4,9-11,15H2,(H2,25,27)/t21-/m1/s1. The molecule has 1 saturated heterocycles. The molecule has 154 valence electrons. The van der Waals surface area contributed by atoms with E-state index in [2.05, 4.69) is 9.97 Å². The molecule has 1 fully saturated rings. The summed E-state index contributed by atoms with van der Waals surface area (Å²) in [6.45, 7) is 1.60. The number of amides is 1. The highest BCUT2D eigenvalue weighted by Gasteiger charge is 2.26. The molecule has 1 aliphatic heterocycles. The Hall–Kier alpha value is -2.96. The molecule has 7 heteroatoms. The number of rotatable bonds is 5. The SMILES string of the molecule is Nc1ccc(-c2ccc([C@H]3CN(C(=O)CCc4cccc(Cl)c4)CCO3)nc2)cn1. The van der Waals surface area contributed by atoms with Crippen molar-refractivity contribution < 1.29 is 9.53 Å². The normalized spacial score (nSPS) is 16.4. The Morgan fingerprint density at radius 1 is 1.13 bits per heavy atom. The Labute approximate surface area is 180 Å². The van der Waals surface area contributed by atoms with Gasteiger partial charge in [-0.1, -0.05) is 29.8 Å². The van der Waals surface area contributed by atoms with Crippen molar-refractivity contribution in [2.45, 2.75) is 18.9 Å². The van der Waals surface area contributed by atoms with Crippen molar-refractivity contribution in [2.24, 2.45) is 0 Å². The Morgan fingerprint density at radius 3 is 2.63 bits per heavy atom. The molecule has 0 saturated carbocycles. The first-order chi connectivity index (χ1) is 14.6. The zero-order valence-corrected chi connectivity index (χ0v) is 17.3. The number of hydrogen-bond donors (Lipinski definition) is 1. The zero-order chi connectivity index (χ0) is 20.9. The van der Waals surface area contributed by atoms with Crippen molar-refractivity contribution in [3.05, 3.63) is 77.2 Å². The molecule has 3 aromatic rings. The number of benzene rings is 1. The molecule has 6 nitrogen and oxygen atoms in total. The van der Waals surface area contributed by atoms with E-state index in [1.165, 1.54) is 0 Å². The fourth-order valence-electron chi connectivity index (χ4n) is 3.50. The van der Waals surface area contributed by atoms with Crippen LogP contribution in [0.2, 0.25) is 5.02 Å². The van der Waals surface area contributed by atoms with E-state index in [0.717, 1.165) is 22.4 Å². The molecule has 0 spiro atoms. The Bertz CT molecular complexity index is 1010. The monoisotopic (exact) mass is 422 g/mol. The fraction of sp³-hybridized carbons (Fsp3) is 0.261. The first-order valence-electron chi connectivity index (χ1n) is 9.90. The Balaban J connectivity index is 1.37. The number of hydrogen-bond acceptors (Lipinski definition) is 5. The minimum Gasteiger partial charge on any atom is -0.384 e. The maximum absolute atomic E-state index is 12.7. The van der Waals surface area contributed by atoms with Gasteiger partial charge in [0.2, 0.25) is 5.91 Å². The molecular weight excluding hydrogens is 400 g/mol. The number of nitrogens with zero attached hydrogens (tertiary/aromatic N) is 3. The number of nitrogen functional groups attached to an aromatic ring is 1. The van der Waals surface area contributed by atoms with Gasteiger partial charge in [-0.3, -0.25) is 9.78 Å². The van der Waals surface area contributed by atoms with E-state index in [9.17, 15) is 4.79 Å².